The molecule has 13 nitrogen and oxygen atoms in total. The van der Waals surface area contributed by atoms with E-state index in [1.165, 1.54) is 0 Å². The fourth-order valence-electron chi connectivity index (χ4n) is 0. The van der Waals surface area contributed by atoms with Gasteiger partial charge in [0, 0.05) is 34.6 Å². The normalized spacial score (nSPS) is 6.15. The Labute approximate surface area is 196 Å². The van der Waals surface area contributed by atoms with Crippen molar-refractivity contribution in [3.63, 3.8) is 0 Å². The Hall–Kier alpha value is -0.580. The van der Waals surface area contributed by atoms with Gasteiger partial charge in [0.25, 0.3) is 29.8 Å². The summed E-state index contributed by atoms with van der Waals surface area (Å²) < 4.78 is 25.3. The summed E-state index contributed by atoms with van der Waals surface area (Å²) in [5.74, 6) is -4.17. The first kappa shape index (κ1) is 50.0. The summed E-state index contributed by atoms with van der Waals surface area (Å²) in [5, 5.41) is 37.1. The third-order valence-corrected chi connectivity index (χ3v) is 0. The van der Waals surface area contributed by atoms with Gasteiger partial charge in [0.2, 0.25) is 0 Å². The van der Waals surface area contributed by atoms with Gasteiger partial charge in [0.05, 0.1) is 0 Å². The molecule has 0 rings (SSSR count). The predicted molar refractivity (Wildman–Crippen MR) is 76.2 cm³/mol. The monoisotopic (exact) mass is 426 g/mol. The second-order valence-corrected chi connectivity index (χ2v) is 3.21. The quantitative estimate of drug-likeness (QED) is 0.179. The van der Waals surface area contributed by atoms with Crippen molar-refractivity contribution in [1.82, 2.24) is 0 Å². The molecule has 0 spiro atoms. The average molecular weight is 426 g/mol. The van der Waals surface area contributed by atoms with E-state index in [0.29, 0.717) is 0 Å². The summed E-state index contributed by atoms with van der Waals surface area (Å²) >= 11 is -3.11. The number of carboxylic acid groups (broad SMARTS) is 5. The summed E-state index contributed by atoms with van der Waals surface area (Å²) in [5.41, 5.74) is 0. The van der Waals surface area contributed by atoms with E-state index in [0.717, 1.165) is 34.6 Å². The molecule has 0 atom stereocenters. The average Bonchev–Trinajstić information content (AvgIpc) is 2.08. The van der Waals surface area contributed by atoms with Crippen molar-refractivity contribution in [3.8, 4) is 0 Å². The van der Waals surface area contributed by atoms with Crippen LogP contribution in [-0.4, -0.2) is 68.7 Å². The van der Waals surface area contributed by atoms with E-state index in [1.807, 2.05) is 0 Å². The van der Waals surface area contributed by atoms with Gasteiger partial charge in [-0.3, -0.25) is 28.2 Å². The smallest absolute Gasteiger partial charge is 0.784 e. The van der Waals surface area contributed by atoms with Crippen LogP contribution in [0, 0.1) is 0 Å². The maximum atomic E-state index is 9.00. The SMILES string of the molecule is CC(=O)O.CC(=O)O.CC(=O)O.CC(=O)O.CC(=O)O.O=S([O-])[O-].[Na+].[Na+]. The second-order valence-electron chi connectivity index (χ2n) is 2.80. The van der Waals surface area contributed by atoms with E-state index >= 15 is 0 Å². The molecule has 26 heavy (non-hydrogen) atoms. The Bertz CT molecular complexity index is 270. The van der Waals surface area contributed by atoms with Crippen LogP contribution in [0.15, 0.2) is 0 Å². The molecule has 0 saturated carbocycles. The van der Waals surface area contributed by atoms with Gasteiger partial charge in [0.15, 0.2) is 0 Å². The van der Waals surface area contributed by atoms with E-state index in [2.05, 4.69) is 0 Å². The van der Waals surface area contributed by atoms with Crippen molar-refractivity contribution in [1.29, 1.82) is 0 Å². The zero-order valence-corrected chi connectivity index (χ0v) is 20.2. The zero-order chi connectivity index (χ0) is 21.5. The minimum absolute atomic E-state index is 0. The Kier molecular flexibility index (Phi) is 84.8. The molecule has 0 aliphatic rings. The van der Waals surface area contributed by atoms with Gasteiger partial charge in [-0.25, -0.2) is 0 Å². The van der Waals surface area contributed by atoms with Crippen LogP contribution in [0.5, 0.6) is 0 Å². The number of aliphatic carboxylic acids is 5. The number of hydrogen-bond donors (Lipinski definition) is 5. The van der Waals surface area contributed by atoms with Crippen LogP contribution in [0.4, 0.5) is 0 Å². The topological polar surface area (TPSA) is 250 Å². The van der Waals surface area contributed by atoms with Crippen molar-refractivity contribution in [2.75, 3.05) is 0 Å². The molecule has 0 fully saturated rings. The largest absolute Gasteiger partial charge is 1.00 e. The Morgan fingerprint density at radius 1 is 0.538 bits per heavy atom. The van der Waals surface area contributed by atoms with Crippen LogP contribution in [0.2, 0.25) is 0 Å². The number of rotatable bonds is 0. The third kappa shape index (κ3) is 35000. The van der Waals surface area contributed by atoms with Crippen LogP contribution < -0.4 is 59.1 Å². The molecule has 0 radical (unpaired) electrons. The van der Waals surface area contributed by atoms with Crippen molar-refractivity contribution in [2.24, 2.45) is 0 Å². The van der Waals surface area contributed by atoms with Crippen LogP contribution in [0.1, 0.15) is 34.6 Å². The summed E-state index contributed by atoms with van der Waals surface area (Å²) in [6, 6.07) is 0. The molecule has 0 saturated heterocycles. The molecule has 0 aromatic rings. The first-order chi connectivity index (χ1) is 10.4. The van der Waals surface area contributed by atoms with Gasteiger partial charge in [-0.2, -0.15) is 0 Å². The van der Waals surface area contributed by atoms with E-state index in [1.54, 1.807) is 0 Å². The van der Waals surface area contributed by atoms with Gasteiger partial charge in [0.1, 0.15) is 0 Å². The van der Waals surface area contributed by atoms with Crippen molar-refractivity contribution in [3.05, 3.63) is 0 Å². The number of hydrogen-bond acceptors (Lipinski definition) is 8. The second kappa shape index (κ2) is 44.1. The fraction of sp³-hybridized carbons (Fsp3) is 0.500. The van der Waals surface area contributed by atoms with Gasteiger partial charge in [-0.1, -0.05) is 0 Å². The zero-order valence-electron chi connectivity index (χ0n) is 15.4. The molecule has 146 valence electrons. The van der Waals surface area contributed by atoms with E-state index in [9.17, 15) is 0 Å². The summed E-state index contributed by atoms with van der Waals surface area (Å²) in [4.78, 5) is 45.0. The molecule has 5 N–H and O–H groups in total. The Balaban J connectivity index is -0.0000000245. The molecule has 16 heteroatoms. The van der Waals surface area contributed by atoms with Crippen LogP contribution in [0.25, 0.3) is 0 Å². The van der Waals surface area contributed by atoms with Crippen LogP contribution >= 0.6 is 0 Å². The standard InChI is InChI=1S/5C2H4O2.2Na.H2O3S/c5*1-2(3)4;;;1-4(2)3/h5*1H3,(H,3,4);;;(H2,1,2,3)/q;;;;;2*+1;/p-2. The molecule has 0 aliphatic heterocycles. The van der Waals surface area contributed by atoms with E-state index in [-0.39, 0.29) is 59.1 Å². The molecular weight excluding hydrogens is 406 g/mol. The predicted octanol–water partition coefficient (Wildman–Crippen LogP) is -6.54. The van der Waals surface area contributed by atoms with Crippen molar-refractivity contribution < 1.29 is 122 Å². The van der Waals surface area contributed by atoms with Crippen LogP contribution in [-0.2, 0) is 35.3 Å². The minimum Gasteiger partial charge on any atom is -0.784 e. The van der Waals surface area contributed by atoms with Crippen LogP contribution in [0.3, 0.4) is 0 Å². The summed E-state index contributed by atoms with van der Waals surface area (Å²) in [6.07, 6.45) is 0. The molecule has 0 aliphatic carbocycles. The first-order valence-corrected chi connectivity index (χ1v) is 6.14. The number of carbonyl (C=O) groups is 5. The summed E-state index contributed by atoms with van der Waals surface area (Å²) in [6.45, 7) is 5.42. The van der Waals surface area contributed by atoms with Crippen molar-refractivity contribution >= 4 is 41.2 Å². The molecule has 0 heterocycles. The van der Waals surface area contributed by atoms with Gasteiger partial charge in [-0.15, -0.1) is 11.4 Å². The third-order valence-electron chi connectivity index (χ3n) is 0. The molecular formula is C10H20Na2O13S. The van der Waals surface area contributed by atoms with Gasteiger partial charge < -0.3 is 34.6 Å². The molecule has 0 aromatic carbocycles. The van der Waals surface area contributed by atoms with Gasteiger partial charge >= 0.3 is 59.1 Å². The molecule has 0 amide bonds. The Morgan fingerprint density at radius 2 is 0.538 bits per heavy atom. The fourth-order valence-corrected chi connectivity index (χ4v) is 0. The first-order valence-electron chi connectivity index (χ1n) is 5.14. The van der Waals surface area contributed by atoms with Crippen molar-refractivity contribution in [2.45, 2.75) is 34.6 Å². The maximum Gasteiger partial charge on any atom is 1.00 e. The van der Waals surface area contributed by atoms with Gasteiger partial charge in [-0.05, 0) is 0 Å². The molecule has 0 bridgehead atoms. The summed E-state index contributed by atoms with van der Waals surface area (Å²) in [7, 11) is 0. The Morgan fingerprint density at radius 3 is 0.538 bits per heavy atom. The minimum atomic E-state index is -3.11. The maximum absolute atomic E-state index is 9.00. The molecule has 0 unspecified atom stereocenters. The van der Waals surface area contributed by atoms with E-state index < -0.39 is 41.2 Å². The molecule has 0 aromatic heterocycles. The number of carboxylic acids is 5. The van der Waals surface area contributed by atoms with E-state index in [4.69, 9.17) is 62.8 Å².